The number of aliphatic imine (C=N–C) groups is 1. The van der Waals surface area contributed by atoms with E-state index in [2.05, 4.69) is 20.5 Å². The predicted octanol–water partition coefficient (Wildman–Crippen LogP) is 2.66. The lowest BCUT2D eigenvalue weighted by Gasteiger charge is -2.33. The summed E-state index contributed by atoms with van der Waals surface area (Å²) in [7, 11) is 6.79. The van der Waals surface area contributed by atoms with E-state index in [4.69, 9.17) is 14.2 Å². The van der Waals surface area contributed by atoms with Gasteiger partial charge < -0.3 is 29.7 Å². The van der Waals surface area contributed by atoms with Gasteiger partial charge in [-0.3, -0.25) is 4.99 Å². The number of piperidine rings is 1. The molecule has 1 aliphatic carbocycles. The van der Waals surface area contributed by atoms with E-state index in [1.165, 1.54) is 38.8 Å². The first-order valence-electron chi connectivity index (χ1n) is 10.2. The summed E-state index contributed by atoms with van der Waals surface area (Å²) in [5.41, 5.74) is 1.02. The van der Waals surface area contributed by atoms with Gasteiger partial charge >= 0.3 is 0 Å². The maximum Gasteiger partial charge on any atom is 0.191 e. The fourth-order valence-corrected chi connectivity index (χ4v) is 3.87. The maximum absolute atomic E-state index is 5.53. The molecule has 164 valence electrons. The highest BCUT2D eigenvalue weighted by Gasteiger charge is 2.31. The lowest BCUT2D eigenvalue weighted by molar-refractivity contribution is 0.197. The number of likely N-dealkylation sites (tertiary alicyclic amines) is 1. The van der Waals surface area contributed by atoms with Crippen LogP contribution in [0.2, 0.25) is 0 Å². The van der Waals surface area contributed by atoms with Crippen LogP contribution in [0.15, 0.2) is 17.1 Å². The van der Waals surface area contributed by atoms with Gasteiger partial charge in [0.25, 0.3) is 0 Å². The maximum atomic E-state index is 5.53. The minimum absolute atomic E-state index is 0. The molecule has 0 bridgehead atoms. The topological polar surface area (TPSA) is 67.4 Å². The number of rotatable bonds is 8. The minimum atomic E-state index is 0. The van der Waals surface area contributed by atoms with Crippen LogP contribution in [0.1, 0.15) is 31.2 Å². The molecule has 0 unspecified atom stereocenters. The number of halogens is 1. The van der Waals surface area contributed by atoms with E-state index in [0.29, 0.717) is 6.04 Å². The normalized spacial score (nSPS) is 18.0. The van der Waals surface area contributed by atoms with Crippen LogP contribution >= 0.6 is 24.0 Å². The van der Waals surface area contributed by atoms with Crippen molar-refractivity contribution >= 4 is 29.9 Å². The van der Waals surface area contributed by atoms with E-state index in [1.54, 1.807) is 21.3 Å². The minimum Gasteiger partial charge on any atom is -0.496 e. The van der Waals surface area contributed by atoms with Crippen LogP contribution in [-0.4, -0.2) is 71.0 Å². The second kappa shape index (κ2) is 11.7. The standard InChI is InChI=1S/C21H34N4O3.HI/c1-22-21(24-15-8-11-25(12-9-15)16-5-6-16)23-10-7-18-19(27-3)13-17(26-2)14-20(18)28-4;/h13-16H,5-12H2,1-4H3,(H2,22,23,24);1H. The second-order valence-corrected chi connectivity index (χ2v) is 7.45. The van der Waals surface area contributed by atoms with Crippen molar-refractivity contribution in [1.82, 2.24) is 15.5 Å². The number of guanidine groups is 1. The summed E-state index contributed by atoms with van der Waals surface area (Å²) in [5, 5.41) is 7.00. The van der Waals surface area contributed by atoms with Crippen LogP contribution in [0.4, 0.5) is 0 Å². The Labute approximate surface area is 191 Å². The van der Waals surface area contributed by atoms with Crippen molar-refractivity contribution in [2.24, 2.45) is 4.99 Å². The van der Waals surface area contributed by atoms with E-state index in [0.717, 1.165) is 47.8 Å². The van der Waals surface area contributed by atoms with Crippen molar-refractivity contribution < 1.29 is 14.2 Å². The predicted molar refractivity (Wildman–Crippen MR) is 127 cm³/mol. The molecule has 1 saturated heterocycles. The summed E-state index contributed by atoms with van der Waals surface area (Å²) in [5.74, 6) is 3.12. The lowest BCUT2D eigenvalue weighted by Crippen LogP contribution is -2.49. The number of nitrogens with one attached hydrogen (secondary N) is 2. The summed E-state index contributed by atoms with van der Waals surface area (Å²) in [6.07, 6.45) is 5.89. The van der Waals surface area contributed by atoms with Gasteiger partial charge in [-0.25, -0.2) is 0 Å². The van der Waals surface area contributed by atoms with Gasteiger partial charge in [-0.15, -0.1) is 24.0 Å². The van der Waals surface area contributed by atoms with Gasteiger partial charge in [0.2, 0.25) is 0 Å². The third-order valence-electron chi connectivity index (χ3n) is 5.64. The van der Waals surface area contributed by atoms with Crippen LogP contribution in [0.3, 0.4) is 0 Å². The largest absolute Gasteiger partial charge is 0.496 e. The molecule has 2 fully saturated rings. The molecule has 8 heteroatoms. The molecular weight excluding hydrogens is 483 g/mol. The Kier molecular flexibility index (Phi) is 9.61. The van der Waals surface area contributed by atoms with E-state index in [9.17, 15) is 0 Å². The van der Waals surface area contributed by atoms with Crippen molar-refractivity contribution in [2.45, 2.75) is 44.2 Å². The Balaban J connectivity index is 0.00000300. The zero-order chi connectivity index (χ0) is 19.9. The van der Waals surface area contributed by atoms with Gasteiger partial charge in [-0.2, -0.15) is 0 Å². The highest BCUT2D eigenvalue weighted by atomic mass is 127. The summed E-state index contributed by atoms with van der Waals surface area (Å²) in [6, 6.07) is 5.14. The number of ether oxygens (including phenoxy) is 3. The number of nitrogens with zero attached hydrogens (tertiary/aromatic N) is 2. The molecule has 7 nitrogen and oxygen atoms in total. The number of hydrogen-bond donors (Lipinski definition) is 2. The summed E-state index contributed by atoms with van der Waals surface area (Å²) < 4.78 is 16.4. The first-order chi connectivity index (χ1) is 13.7. The van der Waals surface area contributed by atoms with Gasteiger partial charge in [0.1, 0.15) is 17.2 Å². The molecular formula is C21H35IN4O3. The lowest BCUT2D eigenvalue weighted by atomic mass is 10.1. The Morgan fingerprint density at radius 3 is 2.14 bits per heavy atom. The molecule has 0 atom stereocenters. The second-order valence-electron chi connectivity index (χ2n) is 7.45. The molecule has 2 N–H and O–H groups in total. The van der Waals surface area contributed by atoms with Gasteiger partial charge in [0.15, 0.2) is 5.96 Å². The molecule has 3 rings (SSSR count). The van der Waals surface area contributed by atoms with E-state index >= 15 is 0 Å². The van der Waals surface area contributed by atoms with Crippen molar-refractivity contribution in [2.75, 3.05) is 48.0 Å². The zero-order valence-corrected chi connectivity index (χ0v) is 20.3. The van der Waals surface area contributed by atoms with Crippen molar-refractivity contribution in [3.63, 3.8) is 0 Å². The third-order valence-corrected chi connectivity index (χ3v) is 5.64. The van der Waals surface area contributed by atoms with Crippen molar-refractivity contribution in [1.29, 1.82) is 0 Å². The average Bonchev–Trinajstić information content (AvgIpc) is 3.58. The van der Waals surface area contributed by atoms with Crippen LogP contribution in [0.5, 0.6) is 17.2 Å². The van der Waals surface area contributed by atoms with Crippen LogP contribution in [0.25, 0.3) is 0 Å². The van der Waals surface area contributed by atoms with Gasteiger partial charge in [0.05, 0.1) is 21.3 Å². The molecule has 1 aliphatic heterocycles. The van der Waals surface area contributed by atoms with Gasteiger partial charge in [-0.05, 0) is 32.1 Å². The molecule has 1 saturated carbocycles. The Morgan fingerprint density at radius 1 is 1.03 bits per heavy atom. The zero-order valence-electron chi connectivity index (χ0n) is 18.0. The number of hydrogen-bond acceptors (Lipinski definition) is 5. The fraction of sp³-hybridized carbons (Fsp3) is 0.667. The summed E-state index contributed by atoms with van der Waals surface area (Å²) in [4.78, 5) is 7.03. The highest BCUT2D eigenvalue weighted by molar-refractivity contribution is 14.0. The Morgan fingerprint density at radius 2 is 1.66 bits per heavy atom. The summed E-state index contributed by atoms with van der Waals surface area (Å²) in [6.45, 7) is 3.12. The molecule has 0 spiro atoms. The molecule has 1 aromatic carbocycles. The van der Waals surface area contributed by atoms with E-state index in [1.807, 2.05) is 19.2 Å². The average molecular weight is 518 g/mol. The molecule has 0 aromatic heterocycles. The van der Waals surface area contributed by atoms with Gasteiger partial charge in [0, 0.05) is 56.5 Å². The van der Waals surface area contributed by atoms with Crippen molar-refractivity contribution in [3.8, 4) is 17.2 Å². The first-order valence-corrected chi connectivity index (χ1v) is 10.2. The fourth-order valence-electron chi connectivity index (χ4n) is 3.87. The molecule has 0 radical (unpaired) electrons. The molecule has 1 heterocycles. The van der Waals surface area contributed by atoms with Crippen LogP contribution < -0.4 is 24.8 Å². The third kappa shape index (κ3) is 6.53. The molecule has 2 aliphatic rings. The summed E-state index contributed by atoms with van der Waals surface area (Å²) >= 11 is 0. The quantitative estimate of drug-likeness (QED) is 0.314. The number of methoxy groups -OCH3 is 3. The molecule has 0 amide bonds. The van der Waals surface area contributed by atoms with E-state index in [-0.39, 0.29) is 24.0 Å². The van der Waals surface area contributed by atoms with Gasteiger partial charge in [-0.1, -0.05) is 0 Å². The highest BCUT2D eigenvalue weighted by Crippen LogP contribution is 2.34. The number of benzene rings is 1. The molecule has 29 heavy (non-hydrogen) atoms. The van der Waals surface area contributed by atoms with Crippen LogP contribution in [-0.2, 0) is 6.42 Å². The van der Waals surface area contributed by atoms with Crippen LogP contribution in [0, 0.1) is 0 Å². The SMILES string of the molecule is CN=C(NCCc1c(OC)cc(OC)cc1OC)NC1CCN(C2CC2)CC1.I. The Hall–Kier alpha value is -1.42. The van der Waals surface area contributed by atoms with E-state index < -0.39 is 0 Å². The van der Waals surface area contributed by atoms with Crippen molar-refractivity contribution in [3.05, 3.63) is 17.7 Å². The molecule has 1 aromatic rings. The monoisotopic (exact) mass is 518 g/mol. The Bertz CT molecular complexity index is 649. The first kappa shape index (κ1) is 23.9. The smallest absolute Gasteiger partial charge is 0.191 e.